The van der Waals surface area contributed by atoms with Crippen LogP contribution in [-0.2, 0) is 16.1 Å². The molecule has 1 aromatic heterocycles. The summed E-state index contributed by atoms with van der Waals surface area (Å²) in [5.41, 5.74) is -0.0680. The van der Waals surface area contributed by atoms with E-state index in [0.717, 1.165) is 18.2 Å². The van der Waals surface area contributed by atoms with Gasteiger partial charge in [-0.15, -0.1) is 0 Å². The first-order valence-electron chi connectivity index (χ1n) is 7.46. The van der Waals surface area contributed by atoms with E-state index in [0.29, 0.717) is 5.69 Å². The standard InChI is InChI=1S/C17H14F2N2O6/c1-25-14-8-11(13(21(23)24)9-15(14)27-17(18)19)10-26-16(22)6-5-12-4-2-3-7-20-12/h2-9,17H,10H2,1H3. The molecule has 0 fully saturated rings. The lowest BCUT2D eigenvalue weighted by Crippen LogP contribution is -2.07. The van der Waals surface area contributed by atoms with Gasteiger partial charge in [0.25, 0.3) is 5.69 Å². The summed E-state index contributed by atoms with van der Waals surface area (Å²) in [6.45, 7) is -3.65. The number of aromatic nitrogens is 1. The number of benzene rings is 1. The molecular formula is C17H14F2N2O6. The van der Waals surface area contributed by atoms with E-state index in [1.165, 1.54) is 13.2 Å². The predicted molar refractivity (Wildman–Crippen MR) is 89.3 cm³/mol. The van der Waals surface area contributed by atoms with Gasteiger partial charge in [-0.1, -0.05) is 6.07 Å². The zero-order valence-electron chi connectivity index (χ0n) is 14.0. The van der Waals surface area contributed by atoms with Crippen LogP contribution in [0, 0.1) is 10.1 Å². The third kappa shape index (κ3) is 5.73. The van der Waals surface area contributed by atoms with Gasteiger partial charge < -0.3 is 14.2 Å². The van der Waals surface area contributed by atoms with Crippen molar-refractivity contribution in [1.82, 2.24) is 4.98 Å². The van der Waals surface area contributed by atoms with Gasteiger partial charge in [0, 0.05) is 12.3 Å². The summed E-state index contributed by atoms with van der Waals surface area (Å²) in [6.07, 6.45) is 4.07. The Labute approximate surface area is 152 Å². The third-order valence-corrected chi connectivity index (χ3v) is 3.23. The van der Waals surface area contributed by atoms with Crippen LogP contribution in [0.1, 0.15) is 11.3 Å². The van der Waals surface area contributed by atoms with Crippen LogP contribution in [0.25, 0.3) is 6.08 Å². The fraction of sp³-hybridized carbons (Fsp3) is 0.176. The molecule has 2 aromatic rings. The summed E-state index contributed by atoms with van der Waals surface area (Å²) >= 11 is 0. The van der Waals surface area contributed by atoms with Gasteiger partial charge >= 0.3 is 12.6 Å². The van der Waals surface area contributed by atoms with E-state index in [-0.39, 0.29) is 11.3 Å². The van der Waals surface area contributed by atoms with Crippen LogP contribution in [0.3, 0.4) is 0 Å². The van der Waals surface area contributed by atoms with Crippen LogP contribution in [-0.4, -0.2) is 29.6 Å². The number of nitro benzene ring substituents is 1. The number of hydrogen-bond acceptors (Lipinski definition) is 7. The lowest BCUT2D eigenvalue weighted by atomic mass is 10.1. The van der Waals surface area contributed by atoms with Crippen molar-refractivity contribution >= 4 is 17.7 Å². The number of alkyl halides is 2. The monoisotopic (exact) mass is 380 g/mol. The van der Waals surface area contributed by atoms with Crippen LogP contribution < -0.4 is 9.47 Å². The van der Waals surface area contributed by atoms with E-state index >= 15 is 0 Å². The van der Waals surface area contributed by atoms with Crippen LogP contribution in [0.15, 0.2) is 42.6 Å². The first kappa shape index (κ1) is 19.8. The second-order valence-electron chi connectivity index (χ2n) is 4.96. The topological polar surface area (TPSA) is 101 Å². The molecule has 0 saturated carbocycles. The number of nitro groups is 1. The normalized spacial score (nSPS) is 10.8. The average molecular weight is 380 g/mol. The Morgan fingerprint density at radius 3 is 2.70 bits per heavy atom. The van der Waals surface area contributed by atoms with E-state index in [9.17, 15) is 23.7 Å². The number of ether oxygens (including phenoxy) is 3. The smallest absolute Gasteiger partial charge is 0.387 e. The predicted octanol–water partition coefficient (Wildman–Crippen LogP) is 3.36. The molecule has 0 spiro atoms. The minimum absolute atomic E-state index is 0.0435. The minimum Gasteiger partial charge on any atom is -0.493 e. The SMILES string of the molecule is COc1cc(COC(=O)C=Cc2ccccn2)c([N+](=O)[O-])cc1OC(F)F. The van der Waals surface area contributed by atoms with E-state index in [1.807, 2.05) is 0 Å². The van der Waals surface area contributed by atoms with Gasteiger partial charge in [0.2, 0.25) is 0 Å². The molecule has 2 rings (SSSR count). The van der Waals surface area contributed by atoms with Crippen molar-refractivity contribution in [3.8, 4) is 11.5 Å². The molecule has 1 aromatic carbocycles. The fourth-order valence-corrected chi connectivity index (χ4v) is 2.05. The highest BCUT2D eigenvalue weighted by Gasteiger charge is 2.22. The molecule has 0 amide bonds. The quantitative estimate of drug-likeness (QED) is 0.300. The van der Waals surface area contributed by atoms with Gasteiger partial charge in [0.15, 0.2) is 11.5 Å². The Morgan fingerprint density at radius 2 is 2.11 bits per heavy atom. The second-order valence-corrected chi connectivity index (χ2v) is 4.96. The first-order chi connectivity index (χ1) is 12.9. The van der Waals surface area contributed by atoms with Crippen LogP contribution in [0.5, 0.6) is 11.5 Å². The molecular weight excluding hydrogens is 366 g/mol. The third-order valence-electron chi connectivity index (χ3n) is 3.23. The van der Waals surface area contributed by atoms with Gasteiger partial charge in [-0.2, -0.15) is 8.78 Å². The Balaban J connectivity index is 2.15. The van der Waals surface area contributed by atoms with E-state index < -0.39 is 35.5 Å². The van der Waals surface area contributed by atoms with Crippen LogP contribution >= 0.6 is 0 Å². The highest BCUT2D eigenvalue weighted by atomic mass is 19.3. The fourth-order valence-electron chi connectivity index (χ4n) is 2.05. The van der Waals surface area contributed by atoms with Gasteiger partial charge in [-0.05, 0) is 24.3 Å². The Kier molecular flexibility index (Phi) is 6.75. The van der Waals surface area contributed by atoms with Crippen molar-refractivity contribution in [2.75, 3.05) is 7.11 Å². The largest absolute Gasteiger partial charge is 0.493 e. The molecule has 0 aliphatic heterocycles. The number of hydrogen-bond donors (Lipinski definition) is 0. The highest BCUT2D eigenvalue weighted by molar-refractivity contribution is 5.86. The molecule has 0 atom stereocenters. The summed E-state index contributed by atoms with van der Waals surface area (Å²) in [5.74, 6) is -1.41. The number of carbonyl (C=O) groups is 1. The summed E-state index contributed by atoms with van der Waals surface area (Å²) in [4.78, 5) is 26.1. The van der Waals surface area contributed by atoms with Gasteiger partial charge in [0.05, 0.1) is 29.4 Å². The molecule has 0 aliphatic rings. The molecule has 8 nitrogen and oxygen atoms in total. The van der Waals surface area contributed by atoms with Crippen molar-refractivity contribution in [2.45, 2.75) is 13.2 Å². The summed E-state index contributed by atoms with van der Waals surface area (Å²) in [7, 11) is 1.19. The lowest BCUT2D eigenvalue weighted by molar-refractivity contribution is -0.386. The number of rotatable bonds is 8. The van der Waals surface area contributed by atoms with Gasteiger partial charge in [-0.3, -0.25) is 15.1 Å². The zero-order chi connectivity index (χ0) is 19.8. The zero-order valence-corrected chi connectivity index (χ0v) is 14.0. The second kappa shape index (κ2) is 9.22. The molecule has 0 aliphatic carbocycles. The van der Waals surface area contributed by atoms with Crippen LogP contribution in [0.2, 0.25) is 0 Å². The molecule has 10 heteroatoms. The average Bonchev–Trinajstić information content (AvgIpc) is 2.65. The number of methoxy groups -OCH3 is 1. The Bertz CT molecular complexity index is 843. The molecule has 1 heterocycles. The van der Waals surface area contributed by atoms with Crippen molar-refractivity contribution in [3.63, 3.8) is 0 Å². The molecule has 0 radical (unpaired) electrons. The maximum Gasteiger partial charge on any atom is 0.387 e. The number of carbonyl (C=O) groups excluding carboxylic acids is 1. The molecule has 0 N–H and O–H groups in total. The maximum atomic E-state index is 12.4. The lowest BCUT2D eigenvalue weighted by Gasteiger charge is -2.12. The summed E-state index contributed by atoms with van der Waals surface area (Å²) < 4.78 is 38.9. The molecule has 142 valence electrons. The van der Waals surface area contributed by atoms with Crippen molar-refractivity contribution in [3.05, 3.63) is 64.0 Å². The van der Waals surface area contributed by atoms with Gasteiger partial charge in [-0.25, -0.2) is 4.79 Å². The highest BCUT2D eigenvalue weighted by Crippen LogP contribution is 2.36. The number of nitrogens with zero attached hydrogens (tertiary/aromatic N) is 2. The van der Waals surface area contributed by atoms with Crippen LogP contribution in [0.4, 0.5) is 14.5 Å². The van der Waals surface area contributed by atoms with E-state index in [4.69, 9.17) is 9.47 Å². The first-order valence-corrected chi connectivity index (χ1v) is 7.46. The van der Waals surface area contributed by atoms with E-state index in [1.54, 1.807) is 24.4 Å². The molecule has 27 heavy (non-hydrogen) atoms. The maximum absolute atomic E-state index is 12.4. The van der Waals surface area contributed by atoms with Crippen molar-refractivity contribution in [2.24, 2.45) is 0 Å². The number of halogens is 2. The van der Waals surface area contributed by atoms with Gasteiger partial charge in [0.1, 0.15) is 6.61 Å². The summed E-state index contributed by atoms with van der Waals surface area (Å²) in [6, 6.07) is 7.00. The van der Waals surface area contributed by atoms with E-state index in [2.05, 4.69) is 9.72 Å². The van der Waals surface area contributed by atoms with Crippen molar-refractivity contribution < 1.29 is 32.7 Å². The summed E-state index contributed by atoms with van der Waals surface area (Å²) in [5, 5.41) is 11.2. The minimum atomic E-state index is -3.18. The molecule has 0 bridgehead atoms. The molecule has 0 saturated heterocycles. The Hall–Kier alpha value is -3.56. The van der Waals surface area contributed by atoms with Crippen molar-refractivity contribution in [1.29, 1.82) is 0 Å². The molecule has 0 unspecified atom stereocenters. The number of pyridine rings is 1. The number of esters is 1. The Morgan fingerprint density at radius 1 is 1.33 bits per heavy atom.